The fourth-order valence-corrected chi connectivity index (χ4v) is 3.23. The number of nitrogens with two attached hydrogens (primary N) is 1. The van der Waals surface area contributed by atoms with E-state index in [9.17, 15) is 4.39 Å². The fraction of sp³-hybridized carbons (Fsp3) is 0.571. The standard InChI is InChI=1S/C14H20BrFN2/c15-12-5-6-14(16)11(8-12)9-13(18-17)7-10-3-1-2-4-10/h5-6,8,10,13,18H,1-4,7,9,17H2. The van der Waals surface area contributed by atoms with Gasteiger partial charge < -0.3 is 0 Å². The second-order valence-electron chi connectivity index (χ2n) is 5.19. The fourth-order valence-electron chi connectivity index (χ4n) is 2.82. The summed E-state index contributed by atoms with van der Waals surface area (Å²) < 4.78 is 14.6. The van der Waals surface area contributed by atoms with Crippen molar-refractivity contribution in [3.8, 4) is 0 Å². The second-order valence-corrected chi connectivity index (χ2v) is 6.11. The van der Waals surface area contributed by atoms with Gasteiger partial charge in [-0.05, 0) is 42.5 Å². The molecule has 1 aromatic carbocycles. The van der Waals surface area contributed by atoms with Crippen molar-refractivity contribution in [1.29, 1.82) is 0 Å². The van der Waals surface area contributed by atoms with Crippen LogP contribution in [0, 0.1) is 11.7 Å². The molecule has 0 radical (unpaired) electrons. The molecule has 1 unspecified atom stereocenters. The van der Waals surface area contributed by atoms with E-state index >= 15 is 0 Å². The Hall–Kier alpha value is -0.450. The van der Waals surface area contributed by atoms with Crippen molar-refractivity contribution in [1.82, 2.24) is 5.43 Å². The third-order valence-corrected chi connectivity index (χ3v) is 4.30. The van der Waals surface area contributed by atoms with Gasteiger partial charge in [0, 0.05) is 10.5 Å². The minimum atomic E-state index is -0.148. The van der Waals surface area contributed by atoms with Crippen LogP contribution in [0.3, 0.4) is 0 Å². The lowest BCUT2D eigenvalue weighted by molar-refractivity contribution is 0.386. The van der Waals surface area contributed by atoms with Crippen molar-refractivity contribution in [2.24, 2.45) is 11.8 Å². The van der Waals surface area contributed by atoms with E-state index in [0.717, 1.165) is 22.4 Å². The van der Waals surface area contributed by atoms with Gasteiger partial charge in [0.05, 0.1) is 0 Å². The zero-order valence-electron chi connectivity index (χ0n) is 10.5. The van der Waals surface area contributed by atoms with Gasteiger partial charge in [-0.25, -0.2) is 4.39 Å². The topological polar surface area (TPSA) is 38.0 Å². The number of hydrogen-bond donors (Lipinski definition) is 2. The van der Waals surface area contributed by atoms with Crippen LogP contribution >= 0.6 is 15.9 Å². The van der Waals surface area contributed by atoms with Crippen LogP contribution < -0.4 is 11.3 Å². The van der Waals surface area contributed by atoms with E-state index in [0.29, 0.717) is 6.42 Å². The Morgan fingerprint density at radius 3 is 2.78 bits per heavy atom. The molecular formula is C14H20BrFN2. The highest BCUT2D eigenvalue weighted by molar-refractivity contribution is 9.10. The van der Waals surface area contributed by atoms with Gasteiger partial charge >= 0.3 is 0 Å². The van der Waals surface area contributed by atoms with Gasteiger partial charge in [0.15, 0.2) is 0 Å². The van der Waals surface area contributed by atoms with Crippen LogP contribution in [0.25, 0.3) is 0 Å². The van der Waals surface area contributed by atoms with Crippen LogP contribution in [0.2, 0.25) is 0 Å². The molecule has 1 saturated carbocycles. The first kappa shape index (κ1) is 14.0. The first-order chi connectivity index (χ1) is 8.69. The molecule has 0 saturated heterocycles. The van der Waals surface area contributed by atoms with Crippen LogP contribution in [-0.4, -0.2) is 6.04 Å². The van der Waals surface area contributed by atoms with E-state index in [4.69, 9.17) is 5.84 Å². The number of hydrazine groups is 1. The first-order valence-corrected chi connectivity index (χ1v) is 7.38. The molecule has 4 heteroatoms. The Kier molecular flexibility index (Phi) is 5.15. The highest BCUT2D eigenvalue weighted by Crippen LogP contribution is 2.29. The number of rotatable bonds is 5. The van der Waals surface area contributed by atoms with Gasteiger partial charge in [-0.15, -0.1) is 0 Å². The Morgan fingerprint density at radius 2 is 2.11 bits per heavy atom. The summed E-state index contributed by atoms with van der Waals surface area (Å²) in [5, 5.41) is 0. The summed E-state index contributed by atoms with van der Waals surface area (Å²) in [5.41, 5.74) is 3.57. The third kappa shape index (κ3) is 3.77. The smallest absolute Gasteiger partial charge is 0.126 e. The van der Waals surface area contributed by atoms with Crippen molar-refractivity contribution in [3.63, 3.8) is 0 Å². The lowest BCUT2D eigenvalue weighted by Crippen LogP contribution is -2.38. The molecule has 18 heavy (non-hydrogen) atoms. The Balaban J connectivity index is 1.98. The average molecular weight is 315 g/mol. The minimum absolute atomic E-state index is 0.148. The summed E-state index contributed by atoms with van der Waals surface area (Å²) in [6.45, 7) is 0. The van der Waals surface area contributed by atoms with Crippen molar-refractivity contribution in [2.45, 2.75) is 44.6 Å². The molecule has 1 aliphatic rings. The van der Waals surface area contributed by atoms with E-state index in [2.05, 4.69) is 21.4 Å². The molecule has 0 heterocycles. The molecule has 0 bridgehead atoms. The molecule has 100 valence electrons. The van der Waals surface area contributed by atoms with Crippen LogP contribution in [0.4, 0.5) is 4.39 Å². The second kappa shape index (κ2) is 6.64. The quantitative estimate of drug-likeness (QED) is 0.644. The van der Waals surface area contributed by atoms with E-state index in [1.54, 1.807) is 6.07 Å². The van der Waals surface area contributed by atoms with Gasteiger partial charge in [-0.2, -0.15) is 0 Å². The molecule has 3 N–H and O–H groups in total. The van der Waals surface area contributed by atoms with Crippen LogP contribution in [0.15, 0.2) is 22.7 Å². The van der Waals surface area contributed by atoms with Crippen molar-refractivity contribution >= 4 is 15.9 Å². The van der Waals surface area contributed by atoms with Crippen molar-refractivity contribution < 1.29 is 4.39 Å². The molecule has 1 aliphatic carbocycles. The third-order valence-electron chi connectivity index (χ3n) is 3.80. The Morgan fingerprint density at radius 1 is 1.39 bits per heavy atom. The normalized spacial score (nSPS) is 18.2. The summed E-state index contributed by atoms with van der Waals surface area (Å²) in [5.74, 6) is 6.21. The summed E-state index contributed by atoms with van der Waals surface area (Å²) in [7, 11) is 0. The van der Waals surface area contributed by atoms with Crippen LogP contribution in [0.1, 0.15) is 37.7 Å². The SMILES string of the molecule is NNC(Cc1cc(Br)ccc1F)CC1CCCC1. The molecule has 0 aliphatic heterocycles. The molecule has 2 rings (SSSR count). The number of halogens is 2. The summed E-state index contributed by atoms with van der Waals surface area (Å²) in [6.07, 6.45) is 6.93. The Bertz CT molecular complexity index is 391. The highest BCUT2D eigenvalue weighted by Gasteiger charge is 2.20. The maximum absolute atomic E-state index is 13.7. The Labute approximate surface area is 116 Å². The molecule has 1 atom stereocenters. The van der Waals surface area contributed by atoms with Gasteiger partial charge in [0.2, 0.25) is 0 Å². The molecule has 1 aromatic rings. The average Bonchev–Trinajstić information content (AvgIpc) is 2.85. The molecule has 0 aromatic heterocycles. The largest absolute Gasteiger partial charge is 0.271 e. The predicted octanol–water partition coefficient (Wildman–Crippen LogP) is 3.54. The summed E-state index contributed by atoms with van der Waals surface area (Å²) >= 11 is 3.38. The van der Waals surface area contributed by atoms with Crippen LogP contribution in [0.5, 0.6) is 0 Å². The maximum Gasteiger partial charge on any atom is 0.126 e. The number of benzene rings is 1. The van der Waals surface area contributed by atoms with Gasteiger partial charge in [0.25, 0.3) is 0 Å². The maximum atomic E-state index is 13.7. The lowest BCUT2D eigenvalue weighted by Gasteiger charge is -2.20. The molecule has 1 fully saturated rings. The van der Waals surface area contributed by atoms with Crippen molar-refractivity contribution in [3.05, 3.63) is 34.1 Å². The van der Waals surface area contributed by atoms with Gasteiger partial charge in [0.1, 0.15) is 5.82 Å². The molecular weight excluding hydrogens is 295 g/mol. The zero-order chi connectivity index (χ0) is 13.0. The minimum Gasteiger partial charge on any atom is -0.271 e. The molecule has 0 spiro atoms. The summed E-state index contributed by atoms with van der Waals surface area (Å²) in [4.78, 5) is 0. The van der Waals surface area contributed by atoms with Crippen molar-refractivity contribution in [2.75, 3.05) is 0 Å². The van der Waals surface area contributed by atoms with E-state index in [1.165, 1.54) is 31.7 Å². The van der Waals surface area contributed by atoms with E-state index in [1.807, 2.05) is 6.07 Å². The monoisotopic (exact) mass is 314 g/mol. The van der Waals surface area contributed by atoms with Crippen LogP contribution in [-0.2, 0) is 6.42 Å². The number of nitrogens with one attached hydrogen (secondary N) is 1. The highest BCUT2D eigenvalue weighted by atomic mass is 79.9. The molecule has 0 amide bonds. The first-order valence-electron chi connectivity index (χ1n) is 6.59. The zero-order valence-corrected chi connectivity index (χ0v) is 12.0. The predicted molar refractivity (Wildman–Crippen MR) is 75.5 cm³/mol. The van der Waals surface area contributed by atoms with Gasteiger partial charge in [-0.3, -0.25) is 11.3 Å². The van der Waals surface area contributed by atoms with E-state index in [-0.39, 0.29) is 11.9 Å². The summed E-state index contributed by atoms with van der Waals surface area (Å²) in [6, 6.07) is 5.23. The van der Waals surface area contributed by atoms with E-state index < -0.39 is 0 Å². The lowest BCUT2D eigenvalue weighted by atomic mass is 9.94. The number of hydrogen-bond acceptors (Lipinski definition) is 2. The van der Waals surface area contributed by atoms with Gasteiger partial charge in [-0.1, -0.05) is 41.6 Å². The molecule has 2 nitrogen and oxygen atoms in total.